The monoisotopic (exact) mass is 497 g/mol. The number of ether oxygens (including phenoxy) is 1. The van der Waals surface area contributed by atoms with E-state index in [0.29, 0.717) is 64.3 Å². The van der Waals surface area contributed by atoms with E-state index in [4.69, 9.17) is 28.6 Å². The summed E-state index contributed by atoms with van der Waals surface area (Å²) >= 11 is 6.62. The van der Waals surface area contributed by atoms with E-state index < -0.39 is 5.60 Å². The molecular formula is C24H28ClN7O3. The summed E-state index contributed by atoms with van der Waals surface area (Å²) < 4.78 is 7.87. The smallest absolute Gasteiger partial charge is 0.253 e. The fourth-order valence-corrected chi connectivity index (χ4v) is 4.82. The Balaban J connectivity index is 1.83. The van der Waals surface area contributed by atoms with Crippen molar-refractivity contribution < 1.29 is 14.6 Å². The summed E-state index contributed by atoms with van der Waals surface area (Å²) in [6.45, 7) is 17.4. The minimum Gasteiger partial charge on any atom is -0.495 e. The number of hydrogen-bond acceptors (Lipinski definition) is 7. The molecule has 0 spiro atoms. The van der Waals surface area contributed by atoms with Gasteiger partial charge < -0.3 is 20.5 Å². The highest BCUT2D eigenvalue weighted by Crippen LogP contribution is 2.48. The first-order valence-corrected chi connectivity index (χ1v) is 11.7. The predicted octanol–water partition coefficient (Wildman–Crippen LogP) is 3.63. The molecular weight excluding hydrogens is 470 g/mol. The number of fused-ring (bicyclic) bond motifs is 1. The first-order valence-electron chi connectivity index (χ1n) is 11.3. The number of rotatable bonds is 6. The maximum absolute atomic E-state index is 12.5. The van der Waals surface area contributed by atoms with Crippen molar-refractivity contribution in [1.29, 1.82) is 0 Å². The number of carbonyl (C=O) groups is 1. The fraction of sp³-hybridized carbons (Fsp3) is 0.458. The number of nitrogen functional groups attached to an aromatic ring is 1. The van der Waals surface area contributed by atoms with Crippen molar-refractivity contribution >= 4 is 40.0 Å². The highest BCUT2D eigenvalue weighted by Gasteiger charge is 2.41. The van der Waals surface area contributed by atoms with E-state index in [0.717, 1.165) is 5.56 Å². The molecule has 35 heavy (non-hydrogen) atoms. The van der Waals surface area contributed by atoms with Gasteiger partial charge in [0.2, 0.25) is 5.69 Å². The van der Waals surface area contributed by atoms with E-state index in [9.17, 15) is 9.90 Å². The number of halogens is 1. The van der Waals surface area contributed by atoms with Crippen LogP contribution in [0.3, 0.4) is 0 Å². The van der Waals surface area contributed by atoms with Crippen molar-refractivity contribution in [3.63, 3.8) is 0 Å². The number of aromatic nitrogens is 4. The lowest BCUT2D eigenvalue weighted by Gasteiger charge is -2.43. The highest BCUT2D eigenvalue weighted by molar-refractivity contribution is 6.33. The Morgan fingerprint density at radius 3 is 2.71 bits per heavy atom. The van der Waals surface area contributed by atoms with E-state index in [-0.39, 0.29) is 17.9 Å². The van der Waals surface area contributed by atoms with Crippen LogP contribution < -0.4 is 10.5 Å². The molecule has 3 N–H and O–H groups in total. The Morgan fingerprint density at radius 1 is 1.43 bits per heavy atom. The van der Waals surface area contributed by atoms with E-state index in [1.165, 1.54) is 20.2 Å². The summed E-state index contributed by atoms with van der Waals surface area (Å²) in [6, 6.07) is 1.38. The molecule has 11 heteroatoms. The van der Waals surface area contributed by atoms with Crippen LogP contribution >= 0.6 is 11.6 Å². The molecule has 0 radical (unpaired) electrons. The fourth-order valence-electron chi connectivity index (χ4n) is 4.56. The number of benzene rings is 1. The number of hydrogen-bond donors (Lipinski definition) is 2. The van der Waals surface area contributed by atoms with Crippen molar-refractivity contribution in [2.75, 3.05) is 25.4 Å². The number of anilines is 1. The van der Waals surface area contributed by atoms with Gasteiger partial charge in [0.1, 0.15) is 23.5 Å². The molecule has 2 aromatic heterocycles. The molecule has 184 valence electrons. The van der Waals surface area contributed by atoms with Gasteiger partial charge in [-0.25, -0.2) is 19.5 Å². The molecule has 1 atom stereocenters. The minimum atomic E-state index is -1.47. The lowest BCUT2D eigenvalue weighted by Crippen LogP contribution is -2.55. The number of nitrogens with two attached hydrogens (primary N) is 1. The predicted molar refractivity (Wildman–Crippen MR) is 133 cm³/mol. The molecule has 1 fully saturated rings. The molecule has 0 bridgehead atoms. The van der Waals surface area contributed by atoms with Crippen molar-refractivity contribution in [2.24, 2.45) is 0 Å². The highest BCUT2D eigenvalue weighted by atomic mass is 35.5. The number of carbonyl (C=O) groups excluding carboxylic acids is 1. The van der Waals surface area contributed by atoms with Crippen LogP contribution in [0.4, 0.5) is 11.5 Å². The summed E-state index contributed by atoms with van der Waals surface area (Å²) in [7, 11) is 0. The van der Waals surface area contributed by atoms with Gasteiger partial charge in [0.05, 0.1) is 30.3 Å². The molecule has 1 aliphatic heterocycles. The maximum atomic E-state index is 12.5. The summed E-state index contributed by atoms with van der Waals surface area (Å²) in [5, 5.41) is 15.7. The van der Waals surface area contributed by atoms with Gasteiger partial charge >= 0.3 is 0 Å². The van der Waals surface area contributed by atoms with Crippen LogP contribution in [0.25, 0.3) is 15.9 Å². The van der Waals surface area contributed by atoms with Crippen LogP contribution in [0.15, 0.2) is 12.4 Å². The van der Waals surface area contributed by atoms with Crippen LogP contribution in [-0.2, 0) is 4.79 Å². The van der Waals surface area contributed by atoms with Crippen molar-refractivity contribution in [3.05, 3.63) is 45.7 Å². The Kier molecular flexibility index (Phi) is 6.34. The summed E-state index contributed by atoms with van der Waals surface area (Å²) in [4.78, 5) is 26.2. The van der Waals surface area contributed by atoms with Crippen molar-refractivity contribution in [2.45, 2.75) is 52.2 Å². The van der Waals surface area contributed by atoms with Gasteiger partial charge in [-0.2, -0.15) is 5.10 Å². The molecule has 0 saturated carbocycles. The Morgan fingerprint density at radius 2 is 2.11 bits per heavy atom. The topological polar surface area (TPSA) is 124 Å². The Bertz CT molecular complexity index is 1350. The number of amides is 1. The van der Waals surface area contributed by atoms with Crippen LogP contribution in [0.5, 0.6) is 5.75 Å². The van der Waals surface area contributed by atoms with Crippen LogP contribution in [-0.4, -0.2) is 61.0 Å². The van der Waals surface area contributed by atoms with Crippen molar-refractivity contribution in [3.8, 4) is 5.75 Å². The Labute approximate surface area is 208 Å². The standard InChI is InChI=1S/C24H28ClN7O3/c1-7-35-20-15(13(3)32-22-17(12(2)30-32)21(26)28-11-29-22)8-16(25)19(27-6)18(20)14-9-31(10-14)23(33)24(4,5)34/h8,11,13-14,34H,7,9-10H2,1-5H3,(H2,26,28,29). The van der Waals surface area contributed by atoms with Crippen LogP contribution in [0, 0.1) is 13.5 Å². The minimum absolute atomic E-state index is 0.161. The second kappa shape index (κ2) is 8.98. The summed E-state index contributed by atoms with van der Waals surface area (Å²) in [5.41, 5.74) is 7.61. The molecule has 1 aliphatic rings. The van der Waals surface area contributed by atoms with E-state index in [1.54, 1.807) is 15.6 Å². The largest absolute Gasteiger partial charge is 0.495 e. The number of aryl methyl sites for hydroxylation is 1. The molecule has 3 heterocycles. The third kappa shape index (κ3) is 4.15. The molecule has 3 aromatic rings. The van der Waals surface area contributed by atoms with E-state index >= 15 is 0 Å². The molecule has 1 unspecified atom stereocenters. The third-order valence-corrected chi connectivity index (χ3v) is 6.57. The van der Waals surface area contributed by atoms with Gasteiger partial charge in [-0.3, -0.25) is 4.79 Å². The Hall–Kier alpha value is -3.42. The van der Waals surface area contributed by atoms with Gasteiger partial charge in [0.25, 0.3) is 5.91 Å². The third-order valence-electron chi connectivity index (χ3n) is 6.28. The quantitative estimate of drug-likeness (QED) is 0.498. The first-order chi connectivity index (χ1) is 16.5. The maximum Gasteiger partial charge on any atom is 0.253 e. The van der Waals surface area contributed by atoms with E-state index in [1.807, 2.05) is 20.8 Å². The van der Waals surface area contributed by atoms with Crippen LogP contribution in [0.1, 0.15) is 56.5 Å². The van der Waals surface area contributed by atoms with Gasteiger partial charge in [-0.15, -0.1) is 0 Å². The zero-order valence-electron chi connectivity index (χ0n) is 20.3. The van der Waals surface area contributed by atoms with Gasteiger partial charge in [-0.1, -0.05) is 11.6 Å². The van der Waals surface area contributed by atoms with Gasteiger partial charge in [0.15, 0.2) is 5.65 Å². The molecule has 4 rings (SSSR count). The number of aliphatic hydroxyl groups is 1. The summed E-state index contributed by atoms with van der Waals surface area (Å²) in [5.74, 6) is 0.385. The lowest BCUT2D eigenvalue weighted by atomic mass is 9.86. The van der Waals surface area contributed by atoms with Gasteiger partial charge in [0, 0.05) is 35.2 Å². The first kappa shape index (κ1) is 24.7. The lowest BCUT2D eigenvalue weighted by molar-refractivity contribution is -0.152. The second-order valence-corrected chi connectivity index (χ2v) is 9.62. The number of nitrogens with zero attached hydrogens (tertiary/aromatic N) is 6. The molecule has 1 amide bonds. The molecule has 10 nitrogen and oxygen atoms in total. The number of likely N-dealkylation sites (tertiary alicyclic amines) is 1. The molecule has 1 aromatic carbocycles. The van der Waals surface area contributed by atoms with Crippen LogP contribution in [0.2, 0.25) is 5.02 Å². The van der Waals surface area contributed by atoms with Gasteiger partial charge in [-0.05, 0) is 40.7 Å². The zero-order chi connectivity index (χ0) is 25.7. The second-order valence-electron chi connectivity index (χ2n) is 9.21. The molecule has 0 aliphatic carbocycles. The van der Waals surface area contributed by atoms with Crippen molar-refractivity contribution in [1.82, 2.24) is 24.6 Å². The summed E-state index contributed by atoms with van der Waals surface area (Å²) in [6.07, 6.45) is 1.40. The normalized spacial score (nSPS) is 15.1. The SMILES string of the molecule is [C-]#[N+]c1c(Cl)cc(C(C)n2nc(C)c3c(N)ncnc32)c(OCC)c1C1CN(C(=O)C(C)(C)O)C1. The molecule has 1 saturated heterocycles. The zero-order valence-corrected chi connectivity index (χ0v) is 21.1. The van der Waals surface area contributed by atoms with E-state index in [2.05, 4.69) is 19.9 Å². The average molecular weight is 498 g/mol. The average Bonchev–Trinajstić information content (AvgIpc) is 3.10.